The van der Waals surface area contributed by atoms with E-state index in [1.54, 1.807) is 0 Å². The fourth-order valence-electron chi connectivity index (χ4n) is 4.18. The van der Waals surface area contributed by atoms with Gasteiger partial charge in [-0.15, -0.1) is 0 Å². The summed E-state index contributed by atoms with van der Waals surface area (Å²) in [7, 11) is 1.35. The highest BCUT2D eigenvalue weighted by Gasteiger charge is 2.64. The van der Waals surface area contributed by atoms with Crippen molar-refractivity contribution in [2.45, 2.75) is 0 Å². The molecule has 5 rings (SSSR count). The van der Waals surface area contributed by atoms with Crippen LogP contribution in [0.15, 0.2) is 23.8 Å². The van der Waals surface area contributed by atoms with E-state index in [2.05, 4.69) is 0 Å². The summed E-state index contributed by atoms with van der Waals surface area (Å²) in [5.41, 5.74) is 0.637. The number of carbonyl (C=O) groups is 3. The Bertz CT molecular complexity index is 572. The van der Waals surface area contributed by atoms with Crippen LogP contribution in [0.2, 0.25) is 0 Å². The normalized spacial score (nSPS) is 45.0. The molecule has 0 amide bonds. The Balaban J connectivity index is 1.76. The van der Waals surface area contributed by atoms with Gasteiger partial charge in [0.15, 0.2) is 0 Å². The minimum absolute atomic E-state index is 0.00199. The average Bonchev–Trinajstić information content (AvgIpc) is 2.66. The second-order valence-electron chi connectivity index (χ2n) is 5.55. The lowest BCUT2D eigenvalue weighted by Gasteiger charge is -2.53. The van der Waals surface area contributed by atoms with Gasteiger partial charge < -0.3 is 9.47 Å². The highest BCUT2D eigenvalue weighted by Crippen LogP contribution is 2.60. The summed E-state index contributed by atoms with van der Waals surface area (Å²) in [6.45, 7) is 0. The molecule has 5 heteroatoms. The van der Waals surface area contributed by atoms with Gasteiger partial charge in [-0.3, -0.25) is 9.59 Å². The molecule has 6 atom stereocenters. The van der Waals surface area contributed by atoms with Crippen LogP contribution in [0.25, 0.3) is 0 Å². The third-order valence-corrected chi connectivity index (χ3v) is 4.94. The molecule has 0 unspecified atom stereocenters. The maximum absolute atomic E-state index is 11.8. The van der Waals surface area contributed by atoms with E-state index in [1.165, 1.54) is 7.11 Å². The molecule has 0 radical (unpaired) electrons. The Kier molecular flexibility index (Phi) is 1.93. The van der Waals surface area contributed by atoms with E-state index in [4.69, 9.17) is 9.47 Å². The number of hydrogen-bond donors (Lipinski definition) is 0. The Morgan fingerprint density at radius 1 is 1.05 bits per heavy atom. The van der Waals surface area contributed by atoms with Gasteiger partial charge in [0.2, 0.25) is 0 Å². The summed E-state index contributed by atoms with van der Waals surface area (Å²) < 4.78 is 9.53. The number of rotatable bonds is 1. The molecule has 98 valence electrons. The largest absolute Gasteiger partial charge is 0.466 e. The van der Waals surface area contributed by atoms with E-state index < -0.39 is 17.9 Å². The van der Waals surface area contributed by atoms with E-state index in [1.807, 2.05) is 18.2 Å². The third-order valence-electron chi connectivity index (χ3n) is 4.94. The Labute approximate surface area is 109 Å². The summed E-state index contributed by atoms with van der Waals surface area (Å²) >= 11 is 0. The number of ether oxygens (including phenoxy) is 2. The number of allylic oxidation sites excluding steroid dienone is 3. The van der Waals surface area contributed by atoms with Crippen LogP contribution in [0.4, 0.5) is 0 Å². The van der Waals surface area contributed by atoms with Gasteiger partial charge in [0, 0.05) is 11.5 Å². The van der Waals surface area contributed by atoms with E-state index >= 15 is 0 Å². The molecule has 0 N–H and O–H groups in total. The van der Waals surface area contributed by atoms with Crippen molar-refractivity contribution in [2.24, 2.45) is 35.5 Å². The van der Waals surface area contributed by atoms with Crippen LogP contribution in [-0.2, 0) is 23.9 Å². The van der Waals surface area contributed by atoms with Gasteiger partial charge in [-0.25, -0.2) is 4.79 Å². The van der Waals surface area contributed by atoms with Gasteiger partial charge >= 0.3 is 17.9 Å². The molecule has 1 heterocycles. The van der Waals surface area contributed by atoms with Crippen LogP contribution in [0.1, 0.15) is 0 Å². The number of esters is 3. The maximum Gasteiger partial charge on any atom is 0.333 e. The van der Waals surface area contributed by atoms with Gasteiger partial charge in [0.1, 0.15) is 0 Å². The molecule has 0 spiro atoms. The number of methoxy groups -OCH3 is 1. The molecular weight excluding hydrogens is 248 g/mol. The van der Waals surface area contributed by atoms with Gasteiger partial charge in [0.05, 0.1) is 18.9 Å². The molecule has 0 aromatic heterocycles. The zero-order chi connectivity index (χ0) is 13.3. The zero-order valence-electron chi connectivity index (χ0n) is 10.2. The van der Waals surface area contributed by atoms with Crippen LogP contribution >= 0.6 is 0 Å². The van der Waals surface area contributed by atoms with Crippen LogP contribution in [-0.4, -0.2) is 25.0 Å². The number of hydrogen-bond acceptors (Lipinski definition) is 5. The first kappa shape index (κ1) is 11.0. The van der Waals surface area contributed by atoms with E-state index in [0.717, 1.165) is 0 Å². The van der Waals surface area contributed by atoms with E-state index in [-0.39, 0.29) is 35.6 Å². The molecule has 1 aliphatic heterocycles. The lowest BCUT2D eigenvalue weighted by molar-refractivity contribution is -0.154. The van der Waals surface area contributed by atoms with E-state index in [9.17, 15) is 14.4 Å². The second kappa shape index (κ2) is 3.35. The second-order valence-corrected chi connectivity index (χ2v) is 5.55. The summed E-state index contributed by atoms with van der Waals surface area (Å²) in [4.78, 5) is 35.3. The van der Waals surface area contributed by atoms with Crippen molar-refractivity contribution in [3.05, 3.63) is 23.8 Å². The van der Waals surface area contributed by atoms with Gasteiger partial charge in [-0.2, -0.15) is 0 Å². The maximum atomic E-state index is 11.8. The molecule has 1 saturated heterocycles. The van der Waals surface area contributed by atoms with Crippen LogP contribution in [0.3, 0.4) is 0 Å². The van der Waals surface area contributed by atoms with Crippen LogP contribution < -0.4 is 0 Å². The standard InChI is InChI=1S/C14H12O5/c1-18-12(15)8-4-7-5-2-3-6(9(7)8)11-10(5)13(16)19-14(11)17/h2-7,9-11H,1H3/t5-,6-,7-,9+,10+,11+/m0/s1. The third kappa shape index (κ3) is 1.13. The molecular formula is C14H12O5. The molecule has 5 nitrogen and oxygen atoms in total. The van der Waals surface area contributed by atoms with Crippen molar-refractivity contribution < 1.29 is 23.9 Å². The van der Waals surface area contributed by atoms with Crippen molar-refractivity contribution >= 4 is 17.9 Å². The molecule has 2 bridgehead atoms. The molecule has 0 aromatic rings. The summed E-state index contributed by atoms with van der Waals surface area (Å²) in [6.07, 6.45) is 5.84. The van der Waals surface area contributed by atoms with Crippen molar-refractivity contribution in [1.82, 2.24) is 0 Å². The Morgan fingerprint density at radius 2 is 1.68 bits per heavy atom. The summed E-state index contributed by atoms with van der Waals surface area (Å²) in [5, 5.41) is 0. The quantitative estimate of drug-likeness (QED) is 0.389. The predicted molar refractivity (Wildman–Crippen MR) is 61.3 cm³/mol. The summed E-state index contributed by atoms with van der Waals surface area (Å²) in [5.74, 6) is -1.94. The monoisotopic (exact) mass is 260 g/mol. The SMILES string of the molecule is COC(=O)C1=C[C@H]2[C@@H]3C=C[C@@H]([C@@H]12)[C@H]1C(=O)OC(=O)[C@H]31. The highest BCUT2D eigenvalue weighted by molar-refractivity contribution is 5.99. The lowest BCUT2D eigenvalue weighted by atomic mass is 9.48. The Morgan fingerprint density at radius 3 is 2.37 bits per heavy atom. The van der Waals surface area contributed by atoms with Gasteiger partial charge in [0.25, 0.3) is 0 Å². The molecule has 2 fully saturated rings. The molecule has 19 heavy (non-hydrogen) atoms. The Hall–Kier alpha value is -1.91. The smallest absolute Gasteiger partial charge is 0.333 e. The fourth-order valence-corrected chi connectivity index (χ4v) is 4.18. The topological polar surface area (TPSA) is 69.7 Å². The van der Waals surface area contributed by atoms with Crippen molar-refractivity contribution in [3.8, 4) is 0 Å². The molecule has 1 saturated carbocycles. The number of carbonyl (C=O) groups excluding carboxylic acids is 3. The van der Waals surface area contributed by atoms with Crippen LogP contribution in [0, 0.1) is 35.5 Å². The highest BCUT2D eigenvalue weighted by atomic mass is 16.6. The average molecular weight is 260 g/mol. The van der Waals surface area contributed by atoms with Gasteiger partial charge in [-0.1, -0.05) is 18.2 Å². The molecule has 0 aromatic carbocycles. The minimum atomic E-state index is -0.441. The first-order valence-corrected chi connectivity index (χ1v) is 6.37. The lowest BCUT2D eigenvalue weighted by Crippen LogP contribution is -2.54. The van der Waals surface area contributed by atoms with Gasteiger partial charge in [-0.05, 0) is 17.8 Å². The molecule has 4 aliphatic carbocycles. The number of cyclic esters (lactones) is 2. The minimum Gasteiger partial charge on any atom is -0.466 e. The predicted octanol–water partition coefficient (Wildman–Crippen LogP) is 0.463. The van der Waals surface area contributed by atoms with Crippen molar-refractivity contribution in [1.29, 1.82) is 0 Å². The van der Waals surface area contributed by atoms with Crippen LogP contribution in [0.5, 0.6) is 0 Å². The molecule has 5 aliphatic rings. The zero-order valence-corrected chi connectivity index (χ0v) is 10.2. The van der Waals surface area contributed by atoms with E-state index in [0.29, 0.717) is 5.57 Å². The summed E-state index contributed by atoms with van der Waals surface area (Å²) in [6, 6.07) is 0. The first-order valence-electron chi connectivity index (χ1n) is 6.37. The fraction of sp³-hybridized carbons (Fsp3) is 0.500. The first-order chi connectivity index (χ1) is 9.13. The van der Waals surface area contributed by atoms with Crippen molar-refractivity contribution in [2.75, 3.05) is 7.11 Å². The van der Waals surface area contributed by atoms with Crippen molar-refractivity contribution in [3.63, 3.8) is 0 Å².